The quantitative estimate of drug-likeness (QED) is 0.664. The van der Waals surface area contributed by atoms with Gasteiger partial charge in [-0.25, -0.2) is 0 Å². The zero-order valence-corrected chi connectivity index (χ0v) is 10.7. The second kappa shape index (κ2) is 6.65. The Morgan fingerprint density at radius 3 is 2.53 bits per heavy atom. The Morgan fingerprint density at radius 2 is 2.07 bits per heavy atom. The van der Waals surface area contributed by atoms with Gasteiger partial charge in [-0.1, -0.05) is 0 Å². The molecule has 15 heavy (non-hydrogen) atoms. The first-order chi connectivity index (χ1) is 6.49. The molecular formula is C8H20ClN3O2S. The summed E-state index contributed by atoms with van der Waals surface area (Å²) in [5.41, 5.74) is 0. The van der Waals surface area contributed by atoms with E-state index in [9.17, 15) is 8.42 Å². The molecule has 1 aliphatic rings. The summed E-state index contributed by atoms with van der Waals surface area (Å²) in [7, 11) is -3.32. The van der Waals surface area contributed by atoms with E-state index in [1.165, 1.54) is 0 Å². The van der Waals surface area contributed by atoms with Gasteiger partial charge >= 0.3 is 0 Å². The van der Waals surface area contributed by atoms with Gasteiger partial charge in [-0.2, -0.15) is 17.9 Å². The molecule has 1 unspecified atom stereocenters. The predicted octanol–water partition coefficient (Wildman–Crippen LogP) is -0.00740. The molecule has 0 spiro atoms. The largest absolute Gasteiger partial charge is 0.315 e. The molecule has 0 amide bonds. The zero-order chi connectivity index (χ0) is 10.6. The molecule has 3 N–H and O–H groups in total. The molecule has 0 aliphatic carbocycles. The molecule has 1 saturated heterocycles. The Labute approximate surface area is 98.0 Å². The van der Waals surface area contributed by atoms with Crippen LogP contribution >= 0.6 is 12.4 Å². The van der Waals surface area contributed by atoms with Gasteiger partial charge in [0.1, 0.15) is 0 Å². The number of nitrogens with one attached hydrogen (secondary N) is 3. The van der Waals surface area contributed by atoms with E-state index in [0.29, 0.717) is 0 Å². The minimum Gasteiger partial charge on any atom is -0.315 e. The molecule has 0 bridgehead atoms. The summed E-state index contributed by atoms with van der Waals surface area (Å²) in [4.78, 5) is 0. The van der Waals surface area contributed by atoms with Crippen molar-refractivity contribution in [1.29, 1.82) is 0 Å². The lowest BCUT2D eigenvalue weighted by Crippen LogP contribution is -2.50. The highest BCUT2D eigenvalue weighted by molar-refractivity contribution is 7.87. The lowest BCUT2D eigenvalue weighted by molar-refractivity contribution is 0.425. The average Bonchev–Trinajstić information content (AvgIpc) is 2.02. The summed E-state index contributed by atoms with van der Waals surface area (Å²) >= 11 is 0. The lowest BCUT2D eigenvalue weighted by atomic mass is 10.1. The Hall–Kier alpha value is 0.120. The number of halogens is 1. The second-order valence-electron chi connectivity index (χ2n) is 3.94. The summed E-state index contributed by atoms with van der Waals surface area (Å²) in [6.45, 7) is 5.31. The molecule has 0 aromatic carbocycles. The molecule has 0 saturated carbocycles. The molecule has 1 rings (SSSR count). The maximum atomic E-state index is 11.5. The van der Waals surface area contributed by atoms with Crippen molar-refractivity contribution in [3.63, 3.8) is 0 Å². The van der Waals surface area contributed by atoms with Crippen LogP contribution in [0.15, 0.2) is 0 Å². The summed E-state index contributed by atoms with van der Waals surface area (Å²) in [5.74, 6) is 0. The fourth-order valence-electron chi connectivity index (χ4n) is 1.52. The standard InChI is InChI=1S/C8H19N3O2S.ClH/c1-7(2)10-14(12,13)11-8-4-3-5-9-6-8;/h7-11H,3-6H2,1-2H3;1H. The van der Waals surface area contributed by atoms with E-state index < -0.39 is 10.2 Å². The van der Waals surface area contributed by atoms with Crippen molar-refractivity contribution < 1.29 is 8.42 Å². The smallest absolute Gasteiger partial charge is 0.277 e. The first-order valence-corrected chi connectivity index (χ1v) is 6.48. The van der Waals surface area contributed by atoms with Gasteiger partial charge in [0, 0.05) is 18.6 Å². The minimum atomic E-state index is -3.32. The van der Waals surface area contributed by atoms with Gasteiger partial charge in [0.05, 0.1) is 0 Å². The zero-order valence-electron chi connectivity index (χ0n) is 9.12. The fraction of sp³-hybridized carbons (Fsp3) is 1.00. The van der Waals surface area contributed by atoms with Gasteiger partial charge in [-0.3, -0.25) is 0 Å². The van der Waals surface area contributed by atoms with E-state index in [4.69, 9.17) is 0 Å². The van der Waals surface area contributed by atoms with Crippen LogP contribution in [-0.2, 0) is 10.2 Å². The van der Waals surface area contributed by atoms with Crippen molar-refractivity contribution in [1.82, 2.24) is 14.8 Å². The van der Waals surface area contributed by atoms with E-state index in [0.717, 1.165) is 25.9 Å². The van der Waals surface area contributed by atoms with Gasteiger partial charge in [-0.15, -0.1) is 12.4 Å². The van der Waals surface area contributed by atoms with Crippen molar-refractivity contribution in [2.24, 2.45) is 0 Å². The van der Waals surface area contributed by atoms with Crippen molar-refractivity contribution in [2.75, 3.05) is 13.1 Å². The normalized spacial score (nSPS) is 22.5. The van der Waals surface area contributed by atoms with E-state index in [1.54, 1.807) is 13.8 Å². The van der Waals surface area contributed by atoms with Crippen LogP contribution in [0.4, 0.5) is 0 Å². The summed E-state index contributed by atoms with van der Waals surface area (Å²) in [6, 6.07) is -0.0379. The summed E-state index contributed by atoms with van der Waals surface area (Å²) < 4.78 is 28.0. The summed E-state index contributed by atoms with van der Waals surface area (Å²) in [5, 5.41) is 3.16. The molecule has 92 valence electrons. The molecule has 1 heterocycles. The van der Waals surface area contributed by atoms with E-state index in [1.807, 2.05) is 0 Å². The van der Waals surface area contributed by atoms with Crippen molar-refractivity contribution in [3.8, 4) is 0 Å². The van der Waals surface area contributed by atoms with Crippen LogP contribution in [0.2, 0.25) is 0 Å². The number of hydrogen-bond donors (Lipinski definition) is 3. The molecule has 1 atom stereocenters. The van der Waals surface area contributed by atoms with Crippen LogP contribution in [0.1, 0.15) is 26.7 Å². The molecular weight excluding hydrogens is 238 g/mol. The minimum absolute atomic E-state index is 0. The highest BCUT2D eigenvalue weighted by Gasteiger charge is 2.19. The molecule has 7 heteroatoms. The van der Waals surface area contributed by atoms with Crippen LogP contribution in [-0.4, -0.2) is 33.6 Å². The molecule has 1 fully saturated rings. The molecule has 0 radical (unpaired) electrons. The van der Waals surface area contributed by atoms with Crippen LogP contribution in [0.3, 0.4) is 0 Å². The molecule has 0 aromatic rings. The van der Waals surface area contributed by atoms with Crippen LogP contribution < -0.4 is 14.8 Å². The van der Waals surface area contributed by atoms with Gasteiger partial charge in [0.2, 0.25) is 0 Å². The van der Waals surface area contributed by atoms with Crippen molar-refractivity contribution in [3.05, 3.63) is 0 Å². The Balaban J connectivity index is 0.00000196. The molecule has 5 nitrogen and oxygen atoms in total. The van der Waals surface area contributed by atoms with Crippen LogP contribution in [0, 0.1) is 0 Å². The van der Waals surface area contributed by atoms with Crippen LogP contribution in [0.5, 0.6) is 0 Å². The van der Waals surface area contributed by atoms with E-state index in [-0.39, 0.29) is 24.5 Å². The molecule has 0 aromatic heterocycles. The monoisotopic (exact) mass is 257 g/mol. The number of rotatable bonds is 4. The van der Waals surface area contributed by atoms with Gasteiger partial charge < -0.3 is 5.32 Å². The average molecular weight is 258 g/mol. The third-order valence-corrected chi connectivity index (χ3v) is 3.43. The highest BCUT2D eigenvalue weighted by Crippen LogP contribution is 2.02. The molecule has 1 aliphatic heterocycles. The number of piperidine rings is 1. The van der Waals surface area contributed by atoms with Crippen molar-refractivity contribution in [2.45, 2.75) is 38.8 Å². The third-order valence-electron chi connectivity index (χ3n) is 2.01. The van der Waals surface area contributed by atoms with Gasteiger partial charge in [0.25, 0.3) is 10.2 Å². The topological polar surface area (TPSA) is 70.2 Å². The first kappa shape index (κ1) is 15.1. The number of hydrogen-bond acceptors (Lipinski definition) is 3. The fourth-order valence-corrected chi connectivity index (χ4v) is 2.84. The van der Waals surface area contributed by atoms with Gasteiger partial charge in [0.15, 0.2) is 0 Å². The SMILES string of the molecule is CC(C)NS(=O)(=O)NC1CCCNC1.Cl. The van der Waals surface area contributed by atoms with Gasteiger partial charge in [-0.05, 0) is 33.2 Å². The van der Waals surface area contributed by atoms with Crippen molar-refractivity contribution >= 4 is 22.6 Å². The second-order valence-corrected chi connectivity index (χ2v) is 5.42. The first-order valence-electron chi connectivity index (χ1n) is 5.00. The lowest BCUT2D eigenvalue weighted by Gasteiger charge is -2.24. The third kappa shape index (κ3) is 6.32. The maximum Gasteiger partial charge on any atom is 0.277 e. The maximum absolute atomic E-state index is 11.5. The van der Waals surface area contributed by atoms with Crippen LogP contribution in [0.25, 0.3) is 0 Å². The Bertz CT molecular complexity index is 263. The predicted molar refractivity (Wildman–Crippen MR) is 63.5 cm³/mol. The highest BCUT2D eigenvalue weighted by atomic mass is 35.5. The van der Waals surface area contributed by atoms with E-state index in [2.05, 4.69) is 14.8 Å². The Morgan fingerprint density at radius 1 is 1.40 bits per heavy atom. The summed E-state index contributed by atoms with van der Waals surface area (Å²) in [6.07, 6.45) is 1.93. The Kier molecular flexibility index (Phi) is 6.70. The van der Waals surface area contributed by atoms with E-state index >= 15 is 0 Å².